The summed E-state index contributed by atoms with van der Waals surface area (Å²) in [4.78, 5) is 32.1. The van der Waals surface area contributed by atoms with Gasteiger partial charge in [-0.3, -0.25) is 9.59 Å². The van der Waals surface area contributed by atoms with Crippen molar-refractivity contribution in [3.05, 3.63) is 12.7 Å². The minimum atomic E-state index is 0.0556. The first kappa shape index (κ1) is 15.0. The van der Waals surface area contributed by atoms with E-state index in [1.54, 1.807) is 11.2 Å². The van der Waals surface area contributed by atoms with Gasteiger partial charge in [-0.2, -0.15) is 5.10 Å². The first-order valence-corrected chi connectivity index (χ1v) is 8.13. The van der Waals surface area contributed by atoms with E-state index in [2.05, 4.69) is 10.1 Å². The molecule has 3 heterocycles. The van der Waals surface area contributed by atoms with E-state index in [4.69, 9.17) is 0 Å². The van der Waals surface area contributed by atoms with Crippen LogP contribution in [-0.4, -0.2) is 62.6 Å². The Morgan fingerprint density at radius 2 is 2.14 bits per heavy atom. The van der Waals surface area contributed by atoms with Crippen molar-refractivity contribution in [2.75, 3.05) is 26.2 Å². The van der Waals surface area contributed by atoms with Crippen LogP contribution in [0, 0.1) is 0 Å². The molecule has 1 atom stereocenters. The summed E-state index contributed by atoms with van der Waals surface area (Å²) in [6.45, 7) is 2.37. The second kappa shape index (κ2) is 6.89. The van der Waals surface area contributed by atoms with Gasteiger partial charge in [0.1, 0.15) is 12.7 Å². The first-order valence-electron chi connectivity index (χ1n) is 8.13. The molecule has 0 aromatic carbocycles. The molecule has 120 valence electrons. The molecule has 1 aromatic heterocycles. The van der Waals surface area contributed by atoms with Crippen LogP contribution in [0.5, 0.6) is 0 Å². The zero-order valence-electron chi connectivity index (χ0n) is 12.9. The van der Waals surface area contributed by atoms with Crippen LogP contribution < -0.4 is 0 Å². The fraction of sp³-hybridized carbons (Fsp3) is 0.733. The molecule has 0 bridgehead atoms. The van der Waals surface area contributed by atoms with Crippen LogP contribution in [0.1, 0.15) is 44.6 Å². The topological polar surface area (TPSA) is 71.3 Å². The number of aromatic nitrogens is 3. The summed E-state index contributed by atoms with van der Waals surface area (Å²) in [7, 11) is 0. The summed E-state index contributed by atoms with van der Waals surface area (Å²) < 4.78 is 1.83. The molecule has 0 radical (unpaired) electrons. The van der Waals surface area contributed by atoms with Crippen LogP contribution in [-0.2, 0) is 9.59 Å². The predicted octanol–water partition coefficient (Wildman–Crippen LogP) is 0.844. The van der Waals surface area contributed by atoms with Crippen LogP contribution in [0.15, 0.2) is 12.7 Å². The monoisotopic (exact) mass is 305 g/mol. The molecule has 22 heavy (non-hydrogen) atoms. The van der Waals surface area contributed by atoms with Gasteiger partial charge in [-0.25, -0.2) is 9.67 Å². The highest BCUT2D eigenvalue weighted by Gasteiger charge is 2.27. The molecule has 7 nitrogen and oxygen atoms in total. The molecule has 1 unspecified atom stereocenters. The van der Waals surface area contributed by atoms with Gasteiger partial charge in [-0.15, -0.1) is 0 Å². The van der Waals surface area contributed by atoms with E-state index >= 15 is 0 Å². The van der Waals surface area contributed by atoms with Gasteiger partial charge in [-0.05, 0) is 25.7 Å². The summed E-state index contributed by atoms with van der Waals surface area (Å²) >= 11 is 0. The van der Waals surface area contributed by atoms with Crippen molar-refractivity contribution in [3.8, 4) is 0 Å². The summed E-state index contributed by atoms with van der Waals surface area (Å²) in [6.07, 6.45) is 8.80. The van der Waals surface area contributed by atoms with E-state index in [0.29, 0.717) is 19.5 Å². The van der Waals surface area contributed by atoms with Gasteiger partial charge < -0.3 is 9.80 Å². The predicted molar refractivity (Wildman–Crippen MR) is 79.9 cm³/mol. The van der Waals surface area contributed by atoms with Crippen molar-refractivity contribution in [1.29, 1.82) is 0 Å². The summed E-state index contributed by atoms with van der Waals surface area (Å²) in [5.41, 5.74) is 0. The number of nitrogens with zero attached hydrogens (tertiary/aromatic N) is 5. The van der Waals surface area contributed by atoms with Crippen LogP contribution >= 0.6 is 0 Å². The molecule has 1 aromatic rings. The van der Waals surface area contributed by atoms with Crippen LogP contribution in [0.4, 0.5) is 0 Å². The van der Waals surface area contributed by atoms with Crippen molar-refractivity contribution in [1.82, 2.24) is 24.6 Å². The maximum atomic E-state index is 12.5. The SMILES string of the molecule is O=C1CCCCCN1CC(=O)N1CCCC(n2cncn2)C1. The van der Waals surface area contributed by atoms with E-state index < -0.39 is 0 Å². The maximum absolute atomic E-state index is 12.5. The minimum Gasteiger partial charge on any atom is -0.339 e. The Kier molecular flexibility index (Phi) is 4.70. The Hall–Kier alpha value is -1.92. The molecule has 2 aliphatic heterocycles. The Labute approximate surface area is 130 Å². The highest BCUT2D eigenvalue weighted by atomic mass is 16.2. The van der Waals surface area contributed by atoms with Gasteiger partial charge in [0, 0.05) is 26.1 Å². The van der Waals surface area contributed by atoms with Gasteiger partial charge in [0.15, 0.2) is 0 Å². The molecule has 7 heteroatoms. The van der Waals surface area contributed by atoms with Gasteiger partial charge in [0.25, 0.3) is 0 Å². The average molecular weight is 305 g/mol. The van der Waals surface area contributed by atoms with E-state index in [-0.39, 0.29) is 24.4 Å². The lowest BCUT2D eigenvalue weighted by Crippen LogP contribution is -2.46. The van der Waals surface area contributed by atoms with Gasteiger partial charge in [0.2, 0.25) is 11.8 Å². The highest BCUT2D eigenvalue weighted by molar-refractivity contribution is 5.85. The molecule has 2 saturated heterocycles. The first-order chi connectivity index (χ1) is 10.7. The molecule has 2 amide bonds. The number of likely N-dealkylation sites (tertiary alicyclic amines) is 2. The largest absolute Gasteiger partial charge is 0.339 e. The highest BCUT2D eigenvalue weighted by Crippen LogP contribution is 2.20. The summed E-state index contributed by atoms with van der Waals surface area (Å²) in [6, 6.07) is 0.194. The van der Waals surface area contributed by atoms with Crippen LogP contribution in [0.3, 0.4) is 0 Å². The third-order valence-corrected chi connectivity index (χ3v) is 4.56. The molecule has 3 rings (SSSR count). The molecule has 0 aliphatic carbocycles. The quantitative estimate of drug-likeness (QED) is 0.830. The van der Waals surface area contributed by atoms with E-state index in [1.807, 2.05) is 9.58 Å². The fourth-order valence-electron chi connectivity index (χ4n) is 3.27. The second-order valence-corrected chi connectivity index (χ2v) is 6.14. The summed E-state index contributed by atoms with van der Waals surface area (Å²) in [5.74, 6) is 0.177. The summed E-state index contributed by atoms with van der Waals surface area (Å²) in [5, 5.41) is 4.18. The second-order valence-electron chi connectivity index (χ2n) is 6.14. The average Bonchev–Trinajstić information content (AvgIpc) is 3.00. The Morgan fingerprint density at radius 1 is 1.23 bits per heavy atom. The molecule has 0 N–H and O–H groups in total. The minimum absolute atomic E-state index is 0.0556. The van der Waals surface area contributed by atoms with Gasteiger partial charge in [-0.1, -0.05) is 6.42 Å². The molecular weight excluding hydrogens is 282 g/mol. The molecule has 2 fully saturated rings. The van der Waals surface area contributed by atoms with Crippen LogP contribution in [0.25, 0.3) is 0 Å². The number of carbonyl (C=O) groups is 2. The third kappa shape index (κ3) is 3.45. The van der Waals surface area contributed by atoms with E-state index in [1.165, 1.54) is 6.33 Å². The zero-order chi connectivity index (χ0) is 15.4. The standard InChI is InChI=1S/C15H23N5O2/c21-14-6-2-1-3-7-19(14)10-15(22)18-8-4-5-13(9-18)20-12-16-11-17-20/h11-13H,1-10H2. The van der Waals surface area contributed by atoms with E-state index in [9.17, 15) is 9.59 Å². The number of hydrogen-bond acceptors (Lipinski definition) is 4. The number of rotatable bonds is 3. The van der Waals surface area contributed by atoms with Crippen molar-refractivity contribution in [2.24, 2.45) is 0 Å². The lowest BCUT2D eigenvalue weighted by molar-refractivity contribution is -0.141. The Morgan fingerprint density at radius 3 is 2.95 bits per heavy atom. The third-order valence-electron chi connectivity index (χ3n) is 4.56. The molecular formula is C15H23N5O2. The van der Waals surface area contributed by atoms with Gasteiger partial charge >= 0.3 is 0 Å². The molecule has 0 saturated carbocycles. The number of amides is 2. The Bertz CT molecular complexity index is 516. The zero-order valence-corrected chi connectivity index (χ0v) is 12.9. The van der Waals surface area contributed by atoms with Gasteiger partial charge in [0.05, 0.1) is 12.6 Å². The lowest BCUT2D eigenvalue weighted by atomic mass is 10.1. The Balaban J connectivity index is 1.58. The van der Waals surface area contributed by atoms with Crippen molar-refractivity contribution in [2.45, 2.75) is 44.6 Å². The molecule has 2 aliphatic rings. The molecule has 0 spiro atoms. The fourth-order valence-corrected chi connectivity index (χ4v) is 3.27. The normalized spacial score (nSPS) is 23.5. The van der Waals surface area contributed by atoms with Crippen molar-refractivity contribution < 1.29 is 9.59 Å². The number of hydrogen-bond donors (Lipinski definition) is 0. The number of carbonyl (C=O) groups excluding carboxylic acids is 2. The smallest absolute Gasteiger partial charge is 0.242 e. The lowest BCUT2D eigenvalue weighted by Gasteiger charge is -2.34. The van der Waals surface area contributed by atoms with E-state index in [0.717, 1.165) is 38.6 Å². The number of piperidine rings is 1. The maximum Gasteiger partial charge on any atom is 0.242 e. The van der Waals surface area contributed by atoms with Crippen molar-refractivity contribution in [3.63, 3.8) is 0 Å². The van der Waals surface area contributed by atoms with Crippen LogP contribution in [0.2, 0.25) is 0 Å². The van der Waals surface area contributed by atoms with Crippen molar-refractivity contribution >= 4 is 11.8 Å².